The number of ether oxygens (including phenoxy) is 1. The Balaban J connectivity index is 0.00000450. The van der Waals surface area contributed by atoms with Gasteiger partial charge in [0.05, 0.1) is 24.2 Å². The van der Waals surface area contributed by atoms with E-state index in [2.05, 4.69) is 39.7 Å². The fourth-order valence-corrected chi connectivity index (χ4v) is 3.20. The number of halogens is 1. The van der Waals surface area contributed by atoms with Crippen molar-refractivity contribution in [2.45, 2.75) is 26.9 Å². The Morgan fingerprint density at radius 3 is 2.67 bits per heavy atom. The van der Waals surface area contributed by atoms with E-state index in [-0.39, 0.29) is 35.8 Å². The zero-order valence-electron chi connectivity index (χ0n) is 18.1. The zero-order valence-corrected chi connectivity index (χ0v) is 20.4. The first-order valence-electron chi connectivity index (χ1n) is 10.3. The number of morpholine rings is 1. The van der Waals surface area contributed by atoms with Crippen molar-refractivity contribution < 1.29 is 9.66 Å². The molecule has 0 amide bonds. The van der Waals surface area contributed by atoms with Gasteiger partial charge in [-0.2, -0.15) is 0 Å². The maximum Gasteiger partial charge on any atom is 0.269 e. The number of hydrogen-bond donors (Lipinski definition) is 3. The quantitative estimate of drug-likeness (QED) is 0.106. The number of nitro benzene ring substituents is 1. The molecule has 2 rings (SSSR count). The standard InChI is InChI=1S/C20H34N6O3.HI/c1-4-21-20(24-13-19-15-25(11-12-29-19)14-16(2)3)23-10-9-22-17-5-7-18(8-6-17)26(27)28;/h5-8,16,19,22H,4,9-15H2,1-3H3,(H2,21,23,24);1H. The number of guanidine groups is 1. The third kappa shape index (κ3) is 9.90. The van der Waals surface area contributed by atoms with E-state index in [1.165, 1.54) is 12.1 Å². The first-order chi connectivity index (χ1) is 14.0. The van der Waals surface area contributed by atoms with Crippen LogP contribution in [0.1, 0.15) is 20.8 Å². The molecule has 170 valence electrons. The van der Waals surface area contributed by atoms with Crippen molar-refractivity contribution in [2.24, 2.45) is 10.9 Å². The highest BCUT2D eigenvalue weighted by atomic mass is 127. The van der Waals surface area contributed by atoms with E-state index in [9.17, 15) is 10.1 Å². The molecule has 0 aliphatic carbocycles. The molecule has 30 heavy (non-hydrogen) atoms. The maximum atomic E-state index is 10.7. The van der Waals surface area contributed by atoms with Gasteiger partial charge in [0.15, 0.2) is 5.96 Å². The van der Waals surface area contributed by atoms with Crippen LogP contribution in [0.2, 0.25) is 0 Å². The molecule has 1 aromatic carbocycles. The second-order valence-electron chi connectivity index (χ2n) is 7.52. The van der Waals surface area contributed by atoms with Crippen molar-refractivity contribution in [1.29, 1.82) is 0 Å². The number of non-ortho nitro benzene ring substituents is 1. The minimum absolute atomic E-state index is 0. The largest absolute Gasteiger partial charge is 0.383 e. The minimum Gasteiger partial charge on any atom is -0.383 e. The third-order valence-corrected chi connectivity index (χ3v) is 4.47. The van der Waals surface area contributed by atoms with Gasteiger partial charge in [0.1, 0.15) is 0 Å². The first kappa shape index (κ1) is 26.4. The van der Waals surface area contributed by atoms with Crippen LogP contribution in [0.4, 0.5) is 11.4 Å². The van der Waals surface area contributed by atoms with Crippen molar-refractivity contribution in [1.82, 2.24) is 15.5 Å². The fourth-order valence-electron chi connectivity index (χ4n) is 3.20. The number of benzene rings is 1. The Kier molecular flexibility index (Phi) is 12.6. The lowest BCUT2D eigenvalue weighted by Gasteiger charge is -2.33. The molecule has 1 aliphatic rings. The molecule has 0 saturated carbocycles. The molecule has 0 spiro atoms. The van der Waals surface area contributed by atoms with Gasteiger partial charge in [-0.25, -0.2) is 0 Å². The van der Waals surface area contributed by atoms with E-state index in [0.717, 1.165) is 44.4 Å². The fraction of sp³-hybridized carbons (Fsp3) is 0.650. The Morgan fingerprint density at radius 2 is 2.03 bits per heavy atom. The summed E-state index contributed by atoms with van der Waals surface area (Å²) < 4.78 is 5.86. The molecule has 1 heterocycles. The van der Waals surface area contributed by atoms with E-state index in [4.69, 9.17) is 4.74 Å². The number of rotatable bonds is 10. The molecule has 1 atom stereocenters. The SMILES string of the molecule is CCNC(=NCC1CN(CC(C)C)CCO1)NCCNc1ccc([N+](=O)[O-])cc1.I. The van der Waals surface area contributed by atoms with Crippen molar-refractivity contribution in [3.63, 3.8) is 0 Å². The van der Waals surface area contributed by atoms with Gasteiger partial charge in [-0.05, 0) is 25.0 Å². The van der Waals surface area contributed by atoms with Crippen LogP contribution in [0, 0.1) is 16.0 Å². The topological polar surface area (TPSA) is 104 Å². The van der Waals surface area contributed by atoms with Gasteiger partial charge in [0.25, 0.3) is 5.69 Å². The van der Waals surface area contributed by atoms with Crippen LogP contribution in [0.15, 0.2) is 29.3 Å². The Labute approximate surface area is 196 Å². The lowest BCUT2D eigenvalue weighted by atomic mass is 10.2. The molecular formula is C20H35IN6O3. The molecule has 1 unspecified atom stereocenters. The summed E-state index contributed by atoms with van der Waals surface area (Å²) in [6.07, 6.45) is 0.121. The van der Waals surface area contributed by atoms with Crippen LogP contribution in [0.3, 0.4) is 0 Å². The molecule has 1 fully saturated rings. The molecule has 9 nitrogen and oxygen atoms in total. The highest BCUT2D eigenvalue weighted by Gasteiger charge is 2.20. The minimum atomic E-state index is -0.400. The summed E-state index contributed by atoms with van der Waals surface area (Å²) >= 11 is 0. The van der Waals surface area contributed by atoms with Crippen LogP contribution < -0.4 is 16.0 Å². The molecule has 0 bridgehead atoms. The second-order valence-corrected chi connectivity index (χ2v) is 7.52. The number of nitrogens with one attached hydrogen (secondary N) is 3. The van der Waals surface area contributed by atoms with Crippen molar-refractivity contribution in [2.75, 3.05) is 57.7 Å². The smallest absolute Gasteiger partial charge is 0.269 e. The number of anilines is 1. The monoisotopic (exact) mass is 534 g/mol. The van der Waals surface area contributed by atoms with E-state index in [1.807, 2.05) is 6.92 Å². The summed E-state index contributed by atoms with van der Waals surface area (Å²) in [4.78, 5) is 17.4. The Bertz CT molecular complexity index is 656. The Morgan fingerprint density at radius 1 is 1.30 bits per heavy atom. The first-order valence-corrected chi connectivity index (χ1v) is 10.3. The van der Waals surface area contributed by atoms with Crippen LogP contribution >= 0.6 is 24.0 Å². The molecule has 3 N–H and O–H groups in total. The van der Waals surface area contributed by atoms with E-state index in [0.29, 0.717) is 25.6 Å². The summed E-state index contributed by atoms with van der Waals surface area (Å²) in [5.74, 6) is 1.42. The third-order valence-electron chi connectivity index (χ3n) is 4.47. The summed E-state index contributed by atoms with van der Waals surface area (Å²) in [5.41, 5.74) is 0.937. The van der Waals surface area contributed by atoms with Crippen LogP contribution in [0.25, 0.3) is 0 Å². The summed E-state index contributed by atoms with van der Waals surface area (Å²) in [6.45, 7) is 13.0. The van der Waals surface area contributed by atoms with Crippen molar-refractivity contribution in [3.8, 4) is 0 Å². The number of aliphatic imine (C=N–C) groups is 1. The molecule has 10 heteroatoms. The van der Waals surface area contributed by atoms with E-state index < -0.39 is 4.92 Å². The number of hydrogen-bond acceptors (Lipinski definition) is 6. The molecule has 1 saturated heterocycles. The van der Waals surface area contributed by atoms with Gasteiger partial charge < -0.3 is 20.7 Å². The van der Waals surface area contributed by atoms with Crippen molar-refractivity contribution in [3.05, 3.63) is 34.4 Å². The van der Waals surface area contributed by atoms with Gasteiger partial charge in [-0.1, -0.05) is 13.8 Å². The molecule has 1 aliphatic heterocycles. The van der Waals surface area contributed by atoms with Gasteiger partial charge in [-0.15, -0.1) is 24.0 Å². The number of nitrogens with zero attached hydrogens (tertiary/aromatic N) is 3. The molecule has 1 aromatic rings. The summed E-state index contributed by atoms with van der Waals surface area (Å²) in [6, 6.07) is 6.41. The van der Waals surface area contributed by atoms with Gasteiger partial charge in [0.2, 0.25) is 0 Å². The van der Waals surface area contributed by atoms with Gasteiger partial charge in [-0.3, -0.25) is 20.0 Å². The predicted octanol–water partition coefficient (Wildman–Crippen LogP) is 2.54. The summed E-state index contributed by atoms with van der Waals surface area (Å²) in [7, 11) is 0. The normalized spacial score (nSPS) is 17.3. The van der Waals surface area contributed by atoms with Crippen LogP contribution in [-0.4, -0.2) is 74.3 Å². The molecular weight excluding hydrogens is 499 g/mol. The lowest BCUT2D eigenvalue weighted by molar-refractivity contribution is -0.384. The van der Waals surface area contributed by atoms with Gasteiger partial charge >= 0.3 is 0 Å². The molecule has 0 aromatic heterocycles. The van der Waals surface area contributed by atoms with E-state index in [1.54, 1.807) is 12.1 Å². The number of nitro groups is 1. The maximum absolute atomic E-state index is 10.7. The Hall–Kier alpha value is -1.66. The van der Waals surface area contributed by atoms with Crippen LogP contribution in [-0.2, 0) is 4.74 Å². The van der Waals surface area contributed by atoms with Crippen molar-refractivity contribution >= 4 is 41.3 Å². The van der Waals surface area contributed by atoms with Crippen LogP contribution in [0.5, 0.6) is 0 Å². The predicted molar refractivity (Wildman–Crippen MR) is 132 cm³/mol. The highest BCUT2D eigenvalue weighted by Crippen LogP contribution is 2.14. The van der Waals surface area contributed by atoms with E-state index >= 15 is 0 Å². The van der Waals surface area contributed by atoms with Gasteiger partial charge in [0, 0.05) is 57.1 Å². The second kappa shape index (κ2) is 14.4. The average molecular weight is 534 g/mol. The average Bonchev–Trinajstić information content (AvgIpc) is 2.69. The summed E-state index contributed by atoms with van der Waals surface area (Å²) in [5, 5.41) is 20.5. The highest BCUT2D eigenvalue weighted by molar-refractivity contribution is 14.0. The zero-order chi connectivity index (χ0) is 21.1. The molecule has 0 radical (unpaired) electrons. The lowest BCUT2D eigenvalue weighted by Crippen LogP contribution is -2.46.